The average molecular weight is 511 g/mol. The SMILES string of the molecule is COc1cc2nccc(Oc3c(F)cc(NC(=O)c4cnccc4OC)cc3F)c2cc1OC[C@H](C)O. The van der Waals surface area contributed by atoms with Crippen LogP contribution in [0, 0.1) is 11.6 Å². The normalized spacial score (nSPS) is 11.6. The van der Waals surface area contributed by atoms with Crippen molar-refractivity contribution >= 4 is 22.5 Å². The van der Waals surface area contributed by atoms with Gasteiger partial charge in [-0.1, -0.05) is 0 Å². The monoisotopic (exact) mass is 511 g/mol. The van der Waals surface area contributed by atoms with Crippen LogP contribution in [0.3, 0.4) is 0 Å². The van der Waals surface area contributed by atoms with Crippen LogP contribution in [0.15, 0.2) is 55.0 Å². The molecule has 0 aliphatic carbocycles. The Bertz CT molecular complexity index is 1420. The maximum atomic E-state index is 15.0. The maximum Gasteiger partial charge on any atom is 0.261 e. The van der Waals surface area contributed by atoms with Crippen LogP contribution in [-0.2, 0) is 0 Å². The fourth-order valence-corrected chi connectivity index (χ4v) is 3.47. The molecule has 192 valence electrons. The largest absolute Gasteiger partial charge is 0.496 e. The van der Waals surface area contributed by atoms with E-state index in [0.717, 1.165) is 12.1 Å². The number of hydrogen-bond acceptors (Lipinski definition) is 8. The standard InChI is InChI=1S/C26H23F2N3O6/c1-14(32)13-36-24-10-16-20(11-23(24)35-3)30-7-5-22(16)37-25-18(27)8-15(9-19(25)28)31-26(33)17-12-29-6-4-21(17)34-2/h4-12,14,32H,13H2,1-3H3,(H,31,33)/t14-/m0/s1. The van der Waals surface area contributed by atoms with Crippen molar-refractivity contribution in [2.24, 2.45) is 0 Å². The summed E-state index contributed by atoms with van der Waals surface area (Å²) in [4.78, 5) is 20.7. The van der Waals surface area contributed by atoms with Crippen molar-refractivity contribution in [3.8, 4) is 28.7 Å². The van der Waals surface area contributed by atoms with Crippen LogP contribution in [0.2, 0.25) is 0 Å². The molecule has 37 heavy (non-hydrogen) atoms. The number of aliphatic hydroxyl groups is 1. The van der Waals surface area contributed by atoms with Crippen LogP contribution in [0.25, 0.3) is 10.9 Å². The van der Waals surface area contributed by atoms with E-state index in [1.807, 2.05) is 0 Å². The van der Waals surface area contributed by atoms with Gasteiger partial charge in [0.25, 0.3) is 5.91 Å². The van der Waals surface area contributed by atoms with E-state index in [4.69, 9.17) is 18.9 Å². The molecule has 0 spiro atoms. The summed E-state index contributed by atoms with van der Waals surface area (Å²) < 4.78 is 51.6. The zero-order chi connectivity index (χ0) is 26.5. The molecule has 2 N–H and O–H groups in total. The van der Waals surface area contributed by atoms with Crippen molar-refractivity contribution < 1.29 is 37.6 Å². The number of ether oxygens (including phenoxy) is 4. The lowest BCUT2D eigenvalue weighted by Gasteiger charge is -2.15. The molecule has 1 amide bonds. The number of methoxy groups -OCH3 is 2. The minimum atomic E-state index is -1.04. The molecule has 9 nitrogen and oxygen atoms in total. The molecular formula is C26H23F2N3O6. The highest BCUT2D eigenvalue weighted by Gasteiger charge is 2.19. The number of benzene rings is 2. The number of halogens is 2. The minimum absolute atomic E-state index is 0.000321. The summed E-state index contributed by atoms with van der Waals surface area (Å²) in [7, 11) is 2.84. The Morgan fingerprint density at radius 2 is 1.70 bits per heavy atom. The number of anilines is 1. The van der Waals surface area contributed by atoms with Crippen LogP contribution >= 0.6 is 0 Å². The Hall–Kier alpha value is -4.51. The maximum absolute atomic E-state index is 15.0. The smallest absolute Gasteiger partial charge is 0.261 e. The van der Waals surface area contributed by atoms with Gasteiger partial charge in [-0.05, 0) is 25.1 Å². The molecule has 2 heterocycles. The zero-order valence-electron chi connectivity index (χ0n) is 20.1. The zero-order valence-corrected chi connectivity index (χ0v) is 20.1. The van der Waals surface area contributed by atoms with E-state index >= 15 is 0 Å². The molecule has 0 saturated heterocycles. The van der Waals surface area contributed by atoms with Gasteiger partial charge in [0.15, 0.2) is 28.9 Å². The van der Waals surface area contributed by atoms with Gasteiger partial charge in [0.1, 0.15) is 18.1 Å². The molecule has 2 aromatic heterocycles. The quantitative estimate of drug-likeness (QED) is 0.332. The van der Waals surface area contributed by atoms with Crippen LogP contribution in [-0.4, -0.2) is 47.9 Å². The topological polar surface area (TPSA) is 112 Å². The number of hydrogen-bond donors (Lipinski definition) is 2. The first-order valence-electron chi connectivity index (χ1n) is 11.0. The summed E-state index contributed by atoms with van der Waals surface area (Å²) in [6.45, 7) is 1.56. The van der Waals surface area contributed by atoms with E-state index in [1.165, 1.54) is 44.9 Å². The molecule has 0 fully saturated rings. The first kappa shape index (κ1) is 25.6. The molecule has 0 unspecified atom stereocenters. The lowest BCUT2D eigenvalue weighted by molar-refractivity contribution is 0.102. The van der Waals surface area contributed by atoms with Crippen LogP contribution in [0.5, 0.6) is 28.7 Å². The Kier molecular flexibility index (Phi) is 7.63. The summed E-state index contributed by atoms with van der Waals surface area (Å²) in [6.07, 6.45) is 3.41. The van der Waals surface area contributed by atoms with Gasteiger partial charge in [0, 0.05) is 47.9 Å². The molecule has 0 radical (unpaired) electrons. The fraction of sp³-hybridized carbons (Fsp3) is 0.192. The minimum Gasteiger partial charge on any atom is -0.496 e. The number of aromatic nitrogens is 2. The third kappa shape index (κ3) is 5.67. The van der Waals surface area contributed by atoms with Crippen LogP contribution in [0.4, 0.5) is 14.5 Å². The third-order valence-corrected chi connectivity index (χ3v) is 5.18. The summed E-state index contributed by atoms with van der Waals surface area (Å²) in [6, 6.07) is 7.92. The Morgan fingerprint density at radius 3 is 2.38 bits per heavy atom. The molecule has 0 aliphatic heterocycles. The third-order valence-electron chi connectivity index (χ3n) is 5.18. The van der Waals surface area contributed by atoms with Gasteiger partial charge in [0.05, 0.1) is 31.4 Å². The van der Waals surface area contributed by atoms with Gasteiger partial charge in [0.2, 0.25) is 0 Å². The first-order chi connectivity index (χ1) is 17.8. The van der Waals surface area contributed by atoms with Crippen molar-refractivity contribution in [3.63, 3.8) is 0 Å². The summed E-state index contributed by atoms with van der Waals surface area (Å²) in [5.74, 6) is -2.41. The van der Waals surface area contributed by atoms with E-state index in [1.54, 1.807) is 19.1 Å². The number of nitrogens with zero attached hydrogens (tertiary/aromatic N) is 2. The Labute approximate surface area is 210 Å². The highest BCUT2D eigenvalue weighted by atomic mass is 19.1. The van der Waals surface area contributed by atoms with Gasteiger partial charge < -0.3 is 29.4 Å². The molecule has 0 saturated carbocycles. The summed E-state index contributed by atoms with van der Waals surface area (Å²) >= 11 is 0. The Balaban J connectivity index is 1.63. The molecule has 4 aromatic rings. The van der Waals surface area contributed by atoms with Crippen molar-refractivity contribution in [1.29, 1.82) is 0 Å². The second-order valence-electron chi connectivity index (χ2n) is 7.89. The molecule has 2 aromatic carbocycles. The number of amides is 1. The van der Waals surface area contributed by atoms with Crippen molar-refractivity contribution in [1.82, 2.24) is 9.97 Å². The van der Waals surface area contributed by atoms with E-state index < -0.39 is 29.4 Å². The number of nitrogens with one attached hydrogen (secondary N) is 1. The number of pyridine rings is 2. The summed E-state index contributed by atoms with van der Waals surface area (Å²) in [5, 5.41) is 12.4. The second kappa shape index (κ2) is 11.0. The van der Waals surface area contributed by atoms with E-state index in [9.17, 15) is 18.7 Å². The van der Waals surface area contributed by atoms with Crippen LogP contribution < -0.4 is 24.3 Å². The number of carbonyl (C=O) groups excluding carboxylic acids is 1. The lowest BCUT2D eigenvalue weighted by Crippen LogP contribution is -2.14. The van der Waals surface area contributed by atoms with Crippen LogP contribution in [0.1, 0.15) is 17.3 Å². The number of aliphatic hydroxyl groups excluding tert-OH is 1. The van der Waals surface area contributed by atoms with Gasteiger partial charge in [-0.15, -0.1) is 0 Å². The van der Waals surface area contributed by atoms with Gasteiger partial charge >= 0.3 is 0 Å². The lowest BCUT2D eigenvalue weighted by atomic mass is 10.1. The highest BCUT2D eigenvalue weighted by molar-refractivity contribution is 6.06. The molecule has 4 rings (SSSR count). The summed E-state index contributed by atoms with van der Waals surface area (Å²) in [5.41, 5.74) is 0.392. The number of carbonyl (C=O) groups is 1. The van der Waals surface area contributed by atoms with E-state index in [2.05, 4.69) is 15.3 Å². The molecule has 0 aliphatic rings. The van der Waals surface area contributed by atoms with Crippen molar-refractivity contribution in [2.75, 3.05) is 26.1 Å². The number of fused-ring (bicyclic) bond motifs is 1. The molecule has 1 atom stereocenters. The predicted octanol–water partition coefficient (Wildman–Crippen LogP) is 4.73. The van der Waals surface area contributed by atoms with E-state index in [-0.39, 0.29) is 29.4 Å². The Morgan fingerprint density at radius 1 is 1.00 bits per heavy atom. The molecular weight excluding hydrogens is 488 g/mol. The van der Waals surface area contributed by atoms with Crippen molar-refractivity contribution in [2.45, 2.75) is 13.0 Å². The predicted molar refractivity (Wildman–Crippen MR) is 131 cm³/mol. The van der Waals surface area contributed by atoms with Gasteiger partial charge in [-0.25, -0.2) is 8.78 Å². The van der Waals surface area contributed by atoms with Gasteiger partial charge in [-0.3, -0.25) is 14.8 Å². The second-order valence-corrected chi connectivity index (χ2v) is 7.89. The van der Waals surface area contributed by atoms with Gasteiger partial charge in [-0.2, -0.15) is 0 Å². The first-order valence-corrected chi connectivity index (χ1v) is 11.0. The average Bonchev–Trinajstić information content (AvgIpc) is 2.88. The molecule has 0 bridgehead atoms. The van der Waals surface area contributed by atoms with Crippen molar-refractivity contribution in [3.05, 3.63) is 72.2 Å². The highest BCUT2D eigenvalue weighted by Crippen LogP contribution is 2.38. The molecule has 11 heteroatoms. The number of rotatable bonds is 9. The van der Waals surface area contributed by atoms with E-state index in [0.29, 0.717) is 22.4 Å². The fourth-order valence-electron chi connectivity index (χ4n) is 3.47.